The molecule has 2 rings (SSSR count). The second kappa shape index (κ2) is 10.9. The molecule has 3 N–H and O–H groups in total. The Bertz CT molecular complexity index is 748. The summed E-state index contributed by atoms with van der Waals surface area (Å²) in [6.45, 7) is 7.23. The van der Waals surface area contributed by atoms with Gasteiger partial charge >= 0.3 is 0 Å². The van der Waals surface area contributed by atoms with Gasteiger partial charge in [-0.1, -0.05) is 36.4 Å². The summed E-state index contributed by atoms with van der Waals surface area (Å²) in [4.78, 5) is 0. The van der Waals surface area contributed by atoms with Gasteiger partial charge in [0.15, 0.2) is 17.7 Å². The maximum Gasteiger partial charge on any atom is 0.224 e. The van der Waals surface area contributed by atoms with Crippen molar-refractivity contribution in [3.8, 4) is 11.5 Å². The summed E-state index contributed by atoms with van der Waals surface area (Å²) >= 11 is 5.11. The zero-order valence-electron chi connectivity index (χ0n) is 14.8. The largest absolute Gasteiger partial charge is 0.490 e. The van der Waals surface area contributed by atoms with Gasteiger partial charge in [-0.2, -0.15) is 0 Å². The highest BCUT2D eigenvalue weighted by atomic mass is 32.1. The first-order valence-corrected chi connectivity index (χ1v) is 8.80. The molecule has 0 aliphatic heterocycles. The summed E-state index contributed by atoms with van der Waals surface area (Å²) < 4.78 is 11.6. The lowest BCUT2D eigenvalue weighted by molar-refractivity contribution is -0.500. The minimum atomic E-state index is 0.493. The van der Waals surface area contributed by atoms with Gasteiger partial charge in [0.25, 0.3) is 0 Å². The van der Waals surface area contributed by atoms with Crippen molar-refractivity contribution in [2.45, 2.75) is 13.5 Å². The van der Waals surface area contributed by atoms with E-state index in [9.17, 15) is 0 Å². The third-order valence-electron chi connectivity index (χ3n) is 3.34. The number of ether oxygens (including phenoxy) is 2. The fourth-order valence-corrected chi connectivity index (χ4v) is 2.27. The van der Waals surface area contributed by atoms with Crippen LogP contribution in [0.5, 0.6) is 11.5 Å². The summed E-state index contributed by atoms with van der Waals surface area (Å²) in [5, 5.41) is 6.41. The van der Waals surface area contributed by atoms with Gasteiger partial charge in [-0.05, 0) is 42.9 Å². The van der Waals surface area contributed by atoms with Crippen LogP contribution in [0.1, 0.15) is 18.1 Å². The van der Waals surface area contributed by atoms with Crippen molar-refractivity contribution in [2.75, 3.05) is 13.2 Å². The summed E-state index contributed by atoms with van der Waals surface area (Å²) in [6, 6.07) is 15.8. The number of rotatable bonds is 9. The van der Waals surface area contributed by atoms with E-state index < -0.39 is 0 Å². The average molecular weight is 370 g/mol. The monoisotopic (exact) mass is 370 g/mol. The Hall–Kier alpha value is -2.86. The Labute approximate surface area is 159 Å². The van der Waals surface area contributed by atoms with Gasteiger partial charge in [0.1, 0.15) is 6.61 Å². The molecule has 0 saturated heterocycles. The SMILES string of the molecule is C=CCNC(=S)N[NH+]=Cc1ccc(OCc2ccccc2)c(OCC)c1. The Morgan fingerprint density at radius 1 is 1.15 bits per heavy atom. The van der Waals surface area contributed by atoms with E-state index in [2.05, 4.69) is 22.4 Å². The van der Waals surface area contributed by atoms with E-state index in [1.165, 1.54) is 0 Å². The minimum absolute atomic E-state index is 0.493. The quantitative estimate of drug-likeness (QED) is 0.272. The van der Waals surface area contributed by atoms with E-state index in [-0.39, 0.29) is 0 Å². The molecule has 0 amide bonds. The van der Waals surface area contributed by atoms with Crippen LogP contribution in [-0.4, -0.2) is 24.5 Å². The summed E-state index contributed by atoms with van der Waals surface area (Å²) in [6.07, 6.45) is 3.53. The lowest BCUT2D eigenvalue weighted by Crippen LogP contribution is -2.82. The zero-order valence-corrected chi connectivity index (χ0v) is 15.6. The van der Waals surface area contributed by atoms with Crippen molar-refractivity contribution in [2.24, 2.45) is 0 Å². The lowest BCUT2D eigenvalue weighted by atomic mass is 10.2. The Morgan fingerprint density at radius 2 is 1.96 bits per heavy atom. The van der Waals surface area contributed by atoms with E-state index in [0.29, 0.717) is 36.4 Å². The Morgan fingerprint density at radius 3 is 2.69 bits per heavy atom. The summed E-state index contributed by atoms with van der Waals surface area (Å²) in [7, 11) is 0. The Balaban J connectivity index is 2.00. The summed E-state index contributed by atoms with van der Waals surface area (Å²) in [5.74, 6) is 1.41. The number of hydrazine groups is 1. The molecule has 2 aromatic carbocycles. The second-order valence-corrected chi connectivity index (χ2v) is 5.73. The molecule has 0 fully saturated rings. The van der Waals surface area contributed by atoms with Crippen LogP contribution >= 0.6 is 12.2 Å². The highest BCUT2D eigenvalue weighted by molar-refractivity contribution is 7.80. The topological polar surface area (TPSA) is 56.5 Å². The molecule has 0 saturated carbocycles. The van der Waals surface area contributed by atoms with Crippen LogP contribution in [0.15, 0.2) is 61.2 Å². The van der Waals surface area contributed by atoms with Crippen molar-refractivity contribution in [1.29, 1.82) is 0 Å². The third-order valence-corrected chi connectivity index (χ3v) is 3.58. The molecule has 136 valence electrons. The molecule has 0 atom stereocenters. The molecule has 0 unspecified atom stereocenters. The number of thiocarbonyl (C=S) groups is 1. The predicted octanol–water partition coefficient (Wildman–Crippen LogP) is 1.73. The number of hydrogen-bond donors (Lipinski definition) is 3. The first-order valence-electron chi connectivity index (χ1n) is 8.40. The molecule has 6 heteroatoms. The fourth-order valence-electron chi connectivity index (χ4n) is 2.13. The van der Waals surface area contributed by atoms with E-state index in [1.807, 2.05) is 55.5 Å². The molecule has 5 nitrogen and oxygen atoms in total. The molecule has 26 heavy (non-hydrogen) atoms. The first-order chi connectivity index (χ1) is 12.7. The van der Waals surface area contributed by atoms with Gasteiger partial charge in [0.2, 0.25) is 5.11 Å². The molecule has 0 bridgehead atoms. The van der Waals surface area contributed by atoms with Crippen LogP contribution < -0.4 is 25.3 Å². The van der Waals surface area contributed by atoms with Gasteiger partial charge in [-0.25, -0.2) is 0 Å². The predicted molar refractivity (Wildman–Crippen MR) is 108 cm³/mol. The van der Waals surface area contributed by atoms with Gasteiger partial charge in [-0.3, -0.25) is 0 Å². The molecular weight excluding hydrogens is 346 g/mol. The Kier molecular flexibility index (Phi) is 8.15. The van der Waals surface area contributed by atoms with Crippen LogP contribution in [-0.2, 0) is 6.61 Å². The second-order valence-electron chi connectivity index (χ2n) is 5.33. The first kappa shape index (κ1) is 19.5. The van der Waals surface area contributed by atoms with Crippen LogP contribution in [0.2, 0.25) is 0 Å². The molecule has 2 aromatic rings. The van der Waals surface area contributed by atoms with Crippen molar-refractivity contribution in [3.63, 3.8) is 0 Å². The van der Waals surface area contributed by atoms with Gasteiger partial charge in [0, 0.05) is 12.1 Å². The number of hydrogen-bond acceptors (Lipinski definition) is 3. The molecule has 0 aliphatic rings. The van der Waals surface area contributed by atoms with Crippen LogP contribution in [0.4, 0.5) is 0 Å². The molecular formula is C20H24N3O2S+. The van der Waals surface area contributed by atoms with E-state index in [4.69, 9.17) is 21.7 Å². The molecule has 0 aromatic heterocycles. The third kappa shape index (κ3) is 6.57. The smallest absolute Gasteiger partial charge is 0.224 e. The zero-order chi connectivity index (χ0) is 18.6. The van der Waals surface area contributed by atoms with Gasteiger partial charge in [0.05, 0.1) is 6.61 Å². The van der Waals surface area contributed by atoms with Gasteiger partial charge < -0.3 is 14.8 Å². The van der Waals surface area contributed by atoms with E-state index in [0.717, 1.165) is 11.1 Å². The highest BCUT2D eigenvalue weighted by Crippen LogP contribution is 2.28. The van der Waals surface area contributed by atoms with Crippen molar-refractivity contribution in [1.82, 2.24) is 10.7 Å². The van der Waals surface area contributed by atoms with Crippen LogP contribution in [0.3, 0.4) is 0 Å². The van der Waals surface area contributed by atoms with E-state index >= 15 is 0 Å². The molecule has 0 heterocycles. The standard InChI is InChI=1S/C20H23N3O2S/c1-3-12-21-20(26)23-22-14-17-10-11-18(19(13-17)24-4-2)25-15-16-8-6-5-7-9-16/h3,5-11,13-14H,1,4,12,15H2,2H3,(H2,21,23,26)/p+1. The van der Waals surface area contributed by atoms with E-state index in [1.54, 1.807) is 12.3 Å². The minimum Gasteiger partial charge on any atom is -0.490 e. The highest BCUT2D eigenvalue weighted by Gasteiger charge is 2.07. The fraction of sp³-hybridized carbons (Fsp3) is 0.200. The van der Waals surface area contributed by atoms with Crippen LogP contribution in [0, 0.1) is 0 Å². The molecule has 0 radical (unpaired) electrons. The van der Waals surface area contributed by atoms with Gasteiger partial charge in [-0.15, -0.1) is 17.1 Å². The average Bonchev–Trinajstić information content (AvgIpc) is 2.67. The van der Waals surface area contributed by atoms with Crippen molar-refractivity contribution < 1.29 is 14.6 Å². The maximum atomic E-state index is 5.90. The maximum absolute atomic E-state index is 5.90. The van der Waals surface area contributed by atoms with Crippen LogP contribution in [0.25, 0.3) is 0 Å². The van der Waals surface area contributed by atoms with Crippen molar-refractivity contribution in [3.05, 3.63) is 72.3 Å². The number of nitrogens with one attached hydrogen (secondary N) is 3. The number of benzene rings is 2. The summed E-state index contributed by atoms with van der Waals surface area (Å²) in [5.41, 5.74) is 4.91. The lowest BCUT2D eigenvalue weighted by Gasteiger charge is -2.12. The number of hydrazone groups is 1. The molecule has 0 spiro atoms. The molecule has 0 aliphatic carbocycles. The normalized spacial score (nSPS) is 10.3. The van der Waals surface area contributed by atoms with Crippen molar-refractivity contribution >= 4 is 23.5 Å².